The molecule has 4 amide bonds. The third-order valence-electron chi connectivity index (χ3n) is 6.61. The van der Waals surface area contributed by atoms with E-state index < -0.39 is 5.54 Å². The number of likely N-dealkylation sites (tertiary alicyclic amines) is 1. The number of thiophene rings is 1. The Morgan fingerprint density at radius 1 is 1.25 bits per heavy atom. The molecule has 2 aromatic rings. The fraction of sp³-hybridized carbons (Fsp3) is 0.500. The van der Waals surface area contributed by atoms with Crippen LogP contribution in [0.2, 0.25) is 0 Å². The van der Waals surface area contributed by atoms with E-state index in [4.69, 9.17) is 0 Å². The number of aromatic nitrogens is 1. The Morgan fingerprint density at radius 3 is 2.66 bits per heavy atom. The first kappa shape index (κ1) is 22.5. The number of imide groups is 1. The van der Waals surface area contributed by atoms with E-state index in [-0.39, 0.29) is 30.3 Å². The fourth-order valence-electron chi connectivity index (χ4n) is 4.75. The summed E-state index contributed by atoms with van der Waals surface area (Å²) >= 11 is 1.51. The van der Waals surface area contributed by atoms with Gasteiger partial charge in [-0.1, -0.05) is 19.9 Å². The number of nitrogens with one attached hydrogen (secondary N) is 1. The SMILES string of the molecule is CC(C)CCC1(C2CCN(C(=O)c3ccsc3)CC2)NC(=O)N(Cc2ccccn2)C1=O. The van der Waals surface area contributed by atoms with E-state index >= 15 is 0 Å². The Hall–Kier alpha value is -2.74. The molecule has 0 radical (unpaired) electrons. The fourth-order valence-corrected chi connectivity index (χ4v) is 5.38. The number of nitrogens with zero attached hydrogens (tertiary/aromatic N) is 3. The highest BCUT2D eigenvalue weighted by atomic mass is 32.1. The number of carbonyl (C=O) groups excluding carboxylic acids is 3. The van der Waals surface area contributed by atoms with Crippen molar-refractivity contribution in [2.45, 2.75) is 51.6 Å². The maximum atomic E-state index is 13.7. The normalized spacial score (nSPS) is 22.0. The topological polar surface area (TPSA) is 82.6 Å². The third kappa shape index (κ3) is 4.41. The number of carbonyl (C=O) groups is 3. The van der Waals surface area contributed by atoms with Crippen molar-refractivity contribution in [2.24, 2.45) is 11.8 Å². The van der Waals surface area contributed by atoms with Crippen molar-refractivity contribution in [2.75, 3.05) is 13.1 Å². The maximum absolute atomic E-state index is 13.7. The molecule has 0 bridgehead atoms. The van der Waals surface area contributed by atoms with Crippen LogP contribution in [-0.2, 0) is 11.3 Å². The number of urea groups is 1. The Kier molecular flexibility index (Phi) is 6.60. The highest BCUT2D eigenvalue weighted by molar-refractivity contribution is 7.08. The molecular weight excluding hydrogens is 424 g/mol. The first-order valence-electron chi connectivity index (χ1n) is 11.3. The summed E-state index contributed by atoms with van der Waals surface area (Å²) in [4.78, 5) is 46.8. The Bertz CT molecular complexity index is 955. The van der Waals surface area contributed by atoms with Gasteiger partial charge in [-0.05, 0) is 61.1 Å². The molecule has 0 aromatic carbocycles. The lowest BCUT2D eigenvalue weighted by Crippen LogP contribution is -2.56. The molecule has 4 rings (SSSR count). The second kappa shape index (κ2) is 9.40. The minimum atomic E-state index is -0.909. The van der Waals surface area contributed by atoms with Crippen LogP contribution in [0.15, 0.2) is 41.2 Å². The van der Waals surface area contributed by atoms with Crippen molar-refractivity contribution in [1.82, 2.24) is 20.1 Å². The summed E-state index contributed by atoms with van der Waals surface area (Å²) in [5, 5.41) is 6.87. The van der Waals surface area contributed by atoms with Crippen molar-refractivity contribution < 1.29 is 14.4 Å². The van der Waals surface area contributed by atoms with E-state index in [0.717, 1.165) is 12.0 Å². The highest BCUT2D eigenvalue weighted by Gasteiger charge is 2.55. The van der Waals surface area contributed by atoms with E-state index in [9.17, 15) is 14.4 Å². The van der Waals surface area contributed by atoms with Gasteiger partial charge in [-0.2, -0.15) is 11.3 Å². The summed E-state index contributed by atoms with van der Waals surface area (Å²) in [5.74, 6) is 0.301. The lowest BCUT2D eigenvalue weighted by atomic mass is 9.73. The van der Waals surface area contributed by atoms with Gasteiger partial charge in [-0.25, -0.2) is 4.79 Å². The van der Waals surface area contributed by atoms with Gasteiger partial charge in [-0.3, -0.25) is 19.5 Å². The first-order valence-corrected chi connectivity index (χ1v) is 12.2. The molecule has 0 spiro atoms. The van der Waals surface area contributed by atoms with Crippen LogP contribution >= 0.6 is 11.3 Å². The van der Waals surface area contributed by atoms with E-state index in [0.29, 0.717) is 44.0 Å². The van der Waals surface area contributed by atoms with Gasteiger partial charge in [0.25, 0.3) is 11.8 Å². The molecule has 2 aromatic heterocycles. The number of pyridine rings is 1. The molecule has 170 valence electrons. The zero-order valence-electron chi connectivity index (χ0n) is 18.6. The molecule has 1 unspecified atom stereocenters. The lowest BCUT2D eigenvalue weighted by molar-refractivity contribution is -0.134. The third-order valence-corrected chi connectivity index (χ3v) is 7.29. The average Bonchev–Trinajstić information content (AvgIpc) is 3.42. The Balaban J connectivity index is 1.51. The van der Waals surface area contributed by atoms with Crippen molar-refractivity contribution in [1.29, 1.82) is 0 Å². The molecule has 4 heterocycles. The van der Waals surface area contributed by atoms with Crippen molar-refractivity contribution in [3.05, 3.63) is 52.5 Å². The summed E-state index contributed by atoms with van der Waals surface area (Å²) in [6.07, 6.45) is 4.50. The van der Waals surface area contributed by atoms with Gasteiger partial charge in [-0.15, -0.1) is 0 Å². The van der Waals surface area contributed by atoms with E-state index in [2.05, 4.69) is 24.1 Å². The summed E-state index contributed by atoms with van der Waals surface area (Å²) in [5.41, 5.74) is 0.495. The van der Waals surface area contributed by atoms with Crippen LogP contribution in [-0.4, -0.2) is 51.3 Å². The Labute approximate surface area is 192 Å². The number of hydrogen-bond donors (Lipinski definition) is 1. The standard InChI is InChI=1S/C24H30N4O3S/c1-17(2)6-10-24(19-7-12-27(13-8-19)21(29)18-9-14-32-16-18)22(30)28(23(31)26-24)15-20-5-3-4-11-25-20/h3-5,9,11,14,16-17,19H,6-8,10,12-13,15H2,1-2H3,(H,26,31). The number of hydrogen-bond acceptors (Lipinski definition) is 5. The molecule has 2 fully saturated rings. The van der Waals surface area contributed by atoms with Crippen LogP contribution in [0.1, 0.15) is 55.6 Å². The van der Waals surface area contributed by atoms with Gasteiger partial charge >= 0.3 is 6.03 Å². The molecule has 2 aliphatic rings. The minimum Gasteiger partial charge on any atom is -0.339 e. The molecule has 2 saturated heterocycles. The number of rotatable bonds is 7. The molecule has 8 heteroatoms. The van der Waals surface area contributed by atoms with Crippen LogP contribution in [0.4, 0.5) is 4.79 Å². The van der Waals surface area contributed by atoms with Gasteiger partial charge in [0.15, 0.2) is 0 Å². The predicted molar refractivity (Wildman–Crippen MR) is 123 cm³/mol. The summed E-state index contributed by atoms with van der Waals surface area (Å²) in [7, 11) is 0. The average molecular weight is 455 g/mol. The van der Waals surface area contributed by atoms with Crippen LogP contribution in [0.25, 0.3) is 0 Å². The minimum absolute atomic E-state index is 0.00189. The summed E-state index contributed by atoms with van der Waals surface area (Å²) in [6.45, 7) is 5.61. The molecule has 0 aliphatic carbocycles. The first-order chi connectivity index (χ1) is 15.4. The molecule has 0 saturated carbocycles. The number of piperidine rings is 1. The quantitative estimate of drug-likeness (QED) is 0.643. The summed E-state index contributed by atoms with van der Waals surface area (Å²) < 4.78 is 0. The molecule has 32 heavy (non-hydrogen) atoms. The van der Waals surface area contributed by atoms with Crippen molar-refractivity contribution in [3.8, 4) is 0 Å². The van der Waals surface area contributed by atoms with Crippen LogP contribution < -0.4 is 5.32 Å². The van der Waals surface area contributed by atoms with Gasteiger partial charge in [0.2, 0.25) is 0 Å². The van der Waals surface area contributed by atoms with Crippen LogP contribution in [0.5, 0.6) is 0 Å². The number of amides is 4. The van der Waals surface area contributed by atoms with Gasteiger partial charge < -0.3 is 10.2 Å². The van der Waals surface area contributed by atoms with Crippen LogP contribution in [0.3, 0.4) is 0 Å². The smallest absolute Gasteiger partial charge is 0.325 e. The van der Waals surface area contributed by atoms with Crippen molar-refractivity contribution in [3.63, 3.8) is 0 Å². The summed E-state index contributed by atoms with van der Waals surface area (Å²) in [6, 6.07) is 6.99. The molecular formula is C24H30N4O3S. The van der Waals surface area contributed by atoms with Gasteiger partial charge in [0.1, 0.15) is 5.54 Å². The largest absolute Gasteiger partial charge is 0.339 e. The zero-order valence-corrected chi connectivity index (χ0v) is 19.4. The molecule has 7 nitrogen and oxygen atoms in total. The van der Waals surface area contributed by atoms with Gasteiger partial charge in [0.05, 0.1) is 17.8 Å². The zero-order chi connectivity index (χ0) is 22.7. The lowest BCUT2D eigenvalue weighted by Gasteiger charge is -2.41. The van der Waals surface area contributed by atoms with Crippen LogP contribution in [0, 0.1) is 11.8 Å². The van der Waals surface area contributed by atoms with Crippen molar-refractivity contribution >= 4 is 29.2 Å². The monoisotopic (exact) mass is 454 g/mol. The molecule has 1 atom stereocenters. The second-order valence-electron chi connectivity index (χ2n) is 9.12. The molecule has 1 N–H and O–H groups in total. The van der Waals surface area contributed by atoms with E-state index in [1.54, 1.807) is 6.20 Å². The predicted octanol–water partition coefficient (Wildman–Crippen LogP) is 3.92. The van der Waals surface area contributed by atoms with E-state index in [1.165, 1.54) is 16.2 Å². The van der Waals surface area contributed by atoms with E-state index in [1.807, 2.05) is 39.9 Å². The second-order valence-corrected chi connectivity index (χ2v) is 9.90. The Morgan fingerprint density at radius 2 is 2.03 bits per heavy atom. The maximum Gasteiger partial charge on any atom is 0.325 e. The highest BCUT2D eigenvalue weighted by Crippen LogP contribution is 2.38. The van der Waals surface area contributed by atoms with Gasteiger partial charge in [0, 0.05) is 24.7 Å². The molecule has 2 aliphatic heterocycles.